The van der Waals surface area contributed by atoms with Gasteiger partial charge < -0.3 is 14.4 Å². The van der Waals surface area contributed by atoms with E-state index < -0.39 is 0 Å². The number of nitrogens with zero attached hydrogens (tertiary/aromatic N) is 3. The topological polar surface area (TPSA) is 64.6 Å². The van der Waals surface area contributed by atoms with Crippen LogP contribution in [0.2, 0.25) is 0 Å². The Kier molecular flexibility index (Phi) is 5.76. The number of hydrogen-bond donors (Lipinski definition) is 0. The molecular formula is C22H23N3O3S. The standard InChI is InChI=1S/C22H23N3O3S/c1-27-18-8-9-20(28-2)15(11-18)13-25(17-6-7-17)21(26)12-16-14-29-22(24-16)19-5-3-4-10-23-19/h3-5,8-11,14,17H,6-7,12-13H2,1-2H3. The minimum atomic E-state index is 0.0789. The fourth-order valence-corrected chi connectivity index (χ4v) is 4.04. The van der Waals surface area contributed by atoms with Crippen molar-refractivity contribution in [3.63, 3.8) is 0 Å². The Balaban J connectivity index is 1.50. The van der Waals surface area contributed by atoms with E-state index in [-0.39, 0.29) is 18.4 Å². The molecule has 0 unspecified atom stereocenters. The molecule has 150 valence electrons. The molecule has 0 radical (unpaired) electrons. The van der Waals surface area contributed by atoms with Crippen molar-refractivity contribution in [1.82, 2.24) is 14.9 Å². The molecule has 4 rings (SSSR count). The molecule has 6 nitrogen and oxygen atoms in total. The number of thiazole rings is 1. The lowest BCUT2D eigenvalue weighted by Crippen LogP contribution is -2.34. The van der Waals surface area contributed by atoms with E-state index >= 15 is 0 Å². The molecule has 0 aliphatic heterocycles. The maximum absolute atomic E-state index is 13.1. The Morgan fingerprint density at radius 2 is 2.07 bits per heavy atom. The molecule has 1 aliphatic rings. The SMILES string of the molecule is COc1ccc(OC)c(CN(C(=O)Cc2csc(-c3ccccn3)n2)C2CC2)c1. The highest BCUT2D eigenvalue weighted by atomic mass is 32.1. The molecule has 0 N–H and O–H groups in total. The smallest absolute Gasteiger partial charge is 0.229 e. The van der Waals surface area contributed by atoms with Gasteiger partial charge in [-0.2, -0.15) is 0 Å². The summed E-state index contributed by atoms with van der Waals surface area (Å²) in [6.45, 7) is 0.501. The summed E-state index contributed by atoms with van der Waals surface area (Å²) in [7, 11) is 3.28. The van der Waals surface area contributed by atoms with Crippen LogP contribution in [0.4, 0.5) is 0 Å². The zero-order valence-electron chi connectivity index (χ0n) is 16.5. The average Bonchev–Trinajstić information content (AvgIpc) is 3.50. The number of carbonyl (C=O) groups is 1. The number of rotatable bonds is 8. The summed E-state index contributed by atoms with van der Waals surface area (Å²) in [6, 6.07) is 11.7. The monoisotopic (exact) mass is 409 g/mol. The van der Waals surface area contributed by atoms with Gasteiger partial charge in [-0.1, -0.05) is 6.07 Å². The highest BCUT2D eigenvalue weighted by Gasteiger charge is 2.33. The fourth-order valence-electron chi connectivity index (χ4n) is 3.25. The van der Waals surface area contributed by atoms with Crippen LogP contribution in [0.15, 0.2) is 48.0 Å². The van der Waals surface area contributed by atoms with Gasteiger partial charge in [0, 0.05) is 29.7 Å². The fraction of sp³-hybridized carbons (Fsp3) is 0.318. The van der Waals surface area contributed by atoms with Crippen molar-refractivity contribution in [1.29, 1.82) is 0 Å². The van der Waals surface area contributed by atoms with Crippen molar-refractivity contribution < 1.29 is 14.3 Å². The van der Waals surface area contributed by atoms with Crippen molar-refractivity contribution in [3.8, 4) is 22.2 Å². The number of ether oxygens (including phenoxy) is 2. The minimum absolute atomic E-state index is 0.0789. The van der Waals surface area contributed by atoms with Crippen LogP contribution in [0.1, 0.15) is 24.1 Å². The van der Waals surface area contributed by atoms with Crippen LogP contribution < -0.4 is 9.47 Å². The zero-order valence-corrected chi connectivity index (χ0v) is 17.3. The molecule has 0 atom stereocenters. The molecule has 0 spiro atoms. The van der Waals surface area contributed by atoms with Gasteiger partial charge in [-0.3, -0.25) is 9.78 Å². The Hall–Kier alpha value is -2.93. The van der Waals surface area contributed by atoms with Crippen LogP contribution in [0.5, 0.6) is 11.5 Å². The average molecular weight is 410 g/mol. The summed E-state index contributed by atoms with van der Waals surface area (Å²) in [5, 5.41) is 2.78. The highest BCUT2D eigenvalue weighted by Crippen LogP contribution is 2.32. The first-order valence-electron chi connectivity index (χ1n) is 9.54. The number of aromatic nitrogens is 2. The van der Waals surface area contributed by atoms with Crippen LogP contribution >= 0.6 is 11.3 Å². The second-order valence-corrected chi connectivity index (χ2v) is 7.82. The van der Waals surface area contributed by atoms with E-state index in [4.69, 9.17) is 9.47 Å². The van der Waals surface area contributed by atoms with Crippen LogP contribution in [-0.2, 0) is 17.8 Å². The lowest BCUT2D eigenvalue weighted by atomic mass is 10.1. The summed E-state index contributed by atoms with van der Waals surface area (Å²) < 4.78 is 10.8. The largest absolute Gasteiger partial charge is 0.497 e. The summed E-state index contributed by atoms with van der Waals surface area (Å²) in [4.78, 5) is 24.0. The highest BCUT2D eigenvalue weighted by molar-refractivity contribution is 7.13. The molecule has 3 aromatic rings. The summed E-state index contributed by atoms with van der Waals surface area (Å²) in [6.07, 6.45) is 4.10. The van der Waals surface area contributed by atoms with E-state index in [1.165, 1.54) is 11.3 Å². The third kappa shape index (κ3) is 4.56. The van der Waals surface area contributed by atoms with E-state index in [9.17, 15) is 4.79 Å². The van der Waals surface area contributed by atoms with Gasteiger partial charge in [-0.05, 0) is 43.2 Å². The molecule has 2 heterocycles. The molecule has 7 heteroatoms. The maximum Gasteiger partial charge on any atom is 0.229 e. The Labute approximate surface area is 174 Å². The lowest BCUT2D eigenvalue weighted by Gasteiger charge is -2.23. The Bertz CT molecular complexity index is 986. The van der Waals surface area contributed by atoms with Crippen molar-refractivity contribution >= 4 is 17.2 Å². The normalized spacial score (nSPS) is 13.2. The van der Waals surface area contributed by atoms with E-state index in [0.29, 0.717) is 6.54 Å². The molecule has 1 saturated carbocycles. The van der Waals surface area contributed by atoms with E-state index in [1.807, 2.05) is 46.7 Å². The molecule has 0 bridgehead atoms. The molecule has 29 heavy (non-hydrogen) atoms. The van der Waals surface area contributed by atoms with Gasteiger partial charge >= 0.3 is 0 Å². The van der Waals surface area contributed by atoms with Crippen LogP contribution in [-0.4, -0.2) is 41.0 Å². The van der Waals surface area contributed by atoms with Gasteiger partial charge in [0.25, 0.3) is 0 Å². The minimum Gasteiger partial charge on any atom is -0.497 e. The van der Waals surface area contributed by atoms with Gasteiger partial charge in [-0.15, -0.1) is 11.3 Å². The van der Waals surface area contributed by atoms with Gasteiger partial charge in [0.05, 0.1) is 32.0 Å². The maximum atomic E-state index is 13.1. The Morgan fingerprint density at radius 1 is 1.21 bits per heavy atom. The van der Waals surface area contributed by atoms with Crippen LogP contribution in [0.3, 0.4) is 0 Å². The molecule has 1 aliphatic carbocycles. The first-order chi connectivity index (χ1) is 14.2. The van der Waals surface area contributed by atoms with E-state index in [2.05, 4.69) is 9.97 Å². The second-order valence-electron chi connectivity index (χ2n) is 6.97. The Morgan fingerprint density at radius 3 is 2.76 bits per heavy atom. The number of methoxy groups -OCH3 is 2. The number of amides is 1. The number of carbonyl (C=O) groups excluding carboxylic acids is 1. The van der Waals surface area contributed by atoms with Gasteiger partial charge in [0.2, 0.25) is 5.91 Å². The first kappa shape index (κ1) is 19.4. The van der Waals surface area contributed by atoms with Crippen molar-refractivity contribution in [3.05, 3.63) is 59.2 Å². The molecule has 1 fully saturated rings. The van der Waals surface area contributed by atoms with Gasteiger partial charge in [-0.25, -0.2) is 4.98 Å². The predicted molar refractivity (Wildman–Crippen MR) is 112 cm³/mol. The predicted octanol–water partition coefficient (Wildman–Crippen LogP) is 3.96. The van der Waals surface area contributed by atoms with Crippen molar-refractivity contribution in [2.24, 2.45) is 0 Å². The third-order valence-corrected chi connectivity index (χ3v) is 5.82. The molecule has 1 aromatic carbocycles. The number of pyridine rings is 1. The van der Waals surface area contributed by atoms with Crippen LogP contribution in [0.25, 0.3) is 10.7 Å². The summed E-state index contributed by atoms with van der Waals surface area (Å²) in [5.74, 6) is 1.59. The first-order valence-corrected chi connectivity index (χ1v) is 10.4. The summed E-state index contributed by atoms with van der Waals surface area (Å²) in [5.41, 5.74) is 2.56. The quantitative estimate of drug-likeness (QED) is 0.564. The lowest BCUT2D eigenvalue weighted by molar-refractivity contribution is -0.131. The van der Waals surface area contributed by atoms with Crippen molar-refractivity contribution in [2.75, 3.05) is 14.2 Å². The molecule has 2 aromatic heterocycles. The second kappa shape index (κ2) is 8.61. The van der Waals surface area contributed by atoms with E-state index in [0.717, 1.165) is 46.3 Å². The number of benzene rings is 1. The van der Waals surface area contributed by atoms with Crippen LogP contribution in [0, 0.1) is 0 Å². The number of hydrogen-bond acceptors (Lipinski definition) is 6. The van der Waals surface area contributed by atoms with Gasteiger partial charge in [0.1, 0.15) is 16.5 Å². The van der Waals surface area contributed by atoms with Gasteiger partial charge in [0.15, 0.2) is 0 Å². The third-order valence-electron chi connectivity index (χ3n) is 4.90. The molecule has 0 saturated heterocycles. The molecule has 1 amide bonds. The summed E-state index contributed by atoms with van der Waals surface area (Å²) >= 11 is 1.51. The molecular weight excluding hydrogens is 386 g/mol. The van der Waals surface area contributed by atoms with E-state index in [1.54, 1.807) is 20.4 Å². The zero-order chi connectivity index (χ0) is 20.2. The van der Waals surface area contributed by atoms with Crippen molar-refractivity contribution in [2.45, 2.75) is 31.8 Å².